The standard InChI is InChI=1S/C27H29N3O2S/c1-18-16-28-14-12-22(18)19-6-9-21(10-7-19)33-30-17-24(23-5-4-13-29-27(23)30)20-8-11-25(31-2)26(15-20)32-3/h4-13,15-16,24,27-29H,14,17H2,1-3H3. The lowest BCUT2D eigenvalue weighted by Gasteiger charge is -2.25. The Bertz CT molecular complexity index is 1150. The summed E-state index contributed by atoms with van der Waals surface area (Å²) in [6, 6.07) is 15.1. The zero-order valence-corrected chi connectivity index (χ0v) is 20.0. The van der Waals surface area contributed by atoms with Gasteiger partial charge in [0.1, 0.15) is 6.17 Å². The molecule has 33 heavy (non-hydrogen) atoms. The quantitative estimate of drug-likeness (QED) is 0.588. The molecule has 3 aliphatic rings. The largest absolute Gasteiger partial charge is 0.493 e. The number of hydrogen-bond donors (Lipinski definition) is 2. The molecule has 5 rings (SSSR count). The lowest BCUT2D eigenvalue weighted by molar-refractivity contribution is 0.354. The molecule has 2 unspecified atom stereocenters. The molecule has 2 atom stereocenters. The van der Waals surface area contributed by atoms with Crippen molar-refractivity contribution in [1.82, 2.24) is 14.9 Å². The van der Waals surface area contributed by atoms with E-state index in [-0.39, 0.29) is 12.1 Å². The number of rotatable bonds is 6. The molecule has 0 radical (unpaired) electrons. The lowest BCUT2D eigenvalue weighted by Crippen LogP contribution is -2.36. The summed E-state index contributed by atoms with van der Waals surface area (Å²) in [6.45, 7) is 3.94. The molecule has 0 bridgehead atoms. The number of benzene rings is 2. The maximum atomic E-state index is 5.56. The first-order chi connectivity index (χ1) is 16.2. The Morgan fingerprint density at radius 2 is 1.85 bits per heavy atom. The Kier molecular flexibility index (Phi) is 6.20. The van der Waals surface area contributed by atoms with Crippen molar-refractivity contribution in [3.8, 4) is 11.5 Å². The molecule has 2 N–H and O–H groups in total. The Morgan fingerprint density at radius 1 is 1.03 bits per heavy atom. The summed E-state index contributed by atoms with van der Waals surface area (Å²) in [7, 11) is 3.36. The highest BCUT2D eigenvalue weighted by atomic mass is 32.2. The van der Waals surface area contributed by atoms with E-state index in [1.54, 1.807) is 26.2 Å². The van der Waals surface area contributed by atoms with E-state index in [9.17, 15) is 0 Å². The molecule has 0 amide bonds. The van der Waals surface area contributed by atoms with Crippen LogP contribution in [0.4, 0.5) is 0 Å². The van der Waals surface area contributed by atoms with Gasteiger partial charge in [-0.1, -0.05) is 30.4 Å². The fourth-order valence-electron chi connectivity index (χ4n) is 4.69. The highest BCUT2D eigenvalue weighted by molar-refractivity contribution is 7.97. The predicted molar refractivity (Wildman–Crippen MR) is 135 cm³/mol. The van der Waals surface area contributed by atoms with Crippen LogP contribution in [0.1, 0.15) is 24.0 Å². The molecule has 2 aromatic rings. The smallest absolute Gasteiger partial charge is 0.161 e. The van der Waals surface area contributed by atoms with Gasteiger partial charge in [0.05, 0.1) is 14.2 Å². The van der Waals surface area contributed by atoms with Crippen LogP contribution in [0.25, 0.3) is 5.57 Å². The Morgan fingerprint density at radius 3 is 2.61 bits per heavy atom. The number of methoxy groups -OCH3 is 2. The predicted octanol–water partition coefficient (Wildman–Crippen LogP) is 5.07. The summed E-state index contributed by atoms with van der Waals surface area (Å²) in [5, 5.41) is 6.82. The fraction of sp³-hybridized carbons (Fsp3) is 0.259. The molecule has 1 saturated heterocycles. The van der Waals surface area contributed by atoms with Crippen LogP contribution in [0.3, 0.4) is 0 Å². The van der Waals surface area contributed by atoms with Gasteiger partial charge in [0.15, 0.2) is 11.5 Å². The Balaban J connectivity index is 1.37. The highest BCUT2D eigenvalue weighted by Gasteiger charge is 2.38. The molecule has 2 aromatic carbocycles. The molecule has 3 aliphatic heterocycles. The molecule has 0 spiro atoms. The van der Waals surface area contributed by atoms with Crippen molar-refractivity contribution < 1.29 is 9.47 Å². The van der Waals surface area contributed by atoms with Crippen molar-refractivity contribution in [3.05, 3.63) is 95.4 Å². The van der Waals surface area contributed by atoms with Gasteiger partial charge in [-0.15, -0.1) is 0 Å². The summed E-state index contributed by atoms with van der Waals surface area (Å²) in [5.41, 5.74) is 6.45. The van der Waals surface area contributed by atoms with Gasteiger partial charge in [0, 0.05) is 30.1 Å². The van der Waals surface area contributed by atoms with Crippen molar-refractivity contribution >= 4 is 17.5 Å². The molecule has 0 saturated carbocycles. The average molecular weight is 460 g/mol. The average Bonchev–Trinajstić information content (AvgIpc) is 3.23. The minimum atomic E-state index is 0.162. The molecule has 1 fully saturated rings. The molecule has 0 aromatic heterocycles. The first-order valence-electron chi connectivity index (χ1n) is 11.2. The van der Waals surface area contributed by atoms with Crippen LogP contribution < -0.4 is 20.1 Å². The number of fused-ring (bicyclic) bond motifs is 1. The number of dihydropyridines is 2. The number of ether oxygens (including phenoxy) is 2. The zero-order valence-electron chi connectivity index (χ0n) is 19.2. The van der Waals surface area contributed by atoms with Crippen LogP contribution in [-0.4, -0.2) is 37.8 Å². The van der Waals surface area contributed by atoms with E-state index in [1.807, 2.05) is 12.3 Å². The summed E-state index contributed by atoms with van der Waals surface area (Å²) in [4.78, 5) is 1.23. The summed E-state index contributed by atoms with van der Waals surface area (Å²) in [5.74, 6) is 1.81. The third kappa shape index (κ3) is 4.28. The Labute approximate surface area is 200 Å². The van der Waals surface area contributed by atoms with Gasteiger partial charge in [-0.2, -0.15) is 0 Å². The van der Waals surface area contributed by atoms with E-state index in [4.69, 9.17) is 9.47 Å². The van der Waals surface area contributed by atoms with E-state index in [2.05, 4.69) is 82.7 Å². The zero-order chi connectivity index (χ0) is 22.8. The van der Waals surface area contributed by atoms with Crippen molar-refractivity contribution in [1.29, 1.82) is 0 Å². The van der Waals surface area contributed by atoms with Gasteiger partial charge in [-0.3, -0.25) is 0 Å². The van der Waals surface area contributed by atoms with Crippen molar-refractivity contribution in [2.24, 2.45) is 0 Å². The fourth-order valence-corrected chi connectivity index (χ4v) is 5.73. The van der Waals surface area contributed by atoms with Crippen LogP contribution in [0.5, 0.6) is 11.5 Å². The summed E-state index contributed by atoms with van der Waals surface area (Å²) >= 11 is 1.80. The minimum Gasteiger partial charge on any atom is -0.493 e. The second kappa shape index (κ2) is 9.41. The van der Waals surface area contributed by atoms with E-state index in [0.717, 1.165) is 24.6 Å². The van der Waals surface area contributed by atoms with Gasteiger partial charge < -0.3 is 20.1 Å². The molecule has 5 nitrogen and oxygen atoms in total. The number of allylic oxidation sites excluding steroid dienone is 4. The molecular formula is C27H29N3O2S. The molecule has 6 heteroatoms. The number of nitrogens with zero attached hydrogens (tertiary/aromatic N) is 1. The van der Waals surface area contributed by atoms with Crippen LogP contribution in [0, 0.1) is 0 Å². The summed E-state index contributed by atoms with van der Waals surface area (Å²) in [6.07, 6.45) is 10.9. The van der Waals surface area contributed by atoms with E-state index in [1.165, 1.54) is 32.7 Å². The first kappa shape index (κ1) is 21.7. The second-order valence-corrected chi connectivity index (χ2v) is 9.45. The van der Waals surface area contributed by atoms with E-state index < -0.39 is 0 Å². The van der Waals surface area contributed by atoms with Gasteiger partial charge in [0.25, 0.3) is 0 Å². The van der Waals surface area contributed by atoms with Crippen molar-refractivity contribution in [2.45, 2.75) is 23.9 Å². The van der Waals surface area contributed by atoms with Crippen LogP contribution in [0.15, 0.2) is 89.1 Å². The summed E-state index contributed by atoms with van der Waals surface area (Å²) < 4.78 is 13.4. The number of hydrogen-bond acceptors (Lipinski definition) is 6. The topological polar surface area (TPSA) is 45.8 Å². The third-order valence-corrected chi connectivity index (χ3v) is 7.45. The minimum absolute atomic E-state index is 0.162. The first-order valence-corrected chi connectivity index (χ1v) is 12.0. The highest BCUT2D eigenvalue weighted by Crippen LogP contribution is 2.44. The van der Waals surface area contributed by atoms with Crippen molar-refractivity contribution in [2.75, 3.05) is 27.3 Å². The van der Waals surface area contributed by atoms with Gasteiger partial charge in [-0.05, 0) is 83.3 Å². The van der Waals surface area contributed by atoms with Crippen LogP contribution in [0.2, 0.25) is 0 Å². The van der Waals surface area contributed by atoms with Crippen LogP contribution in [-0.2, 0) is 0 Å². The van der Waals surface area contributed by atoms with E-state index >= 15 is 0 Å². The maximum absolute atomic E-state index is 5.56. The normalized spacial score (nSPS) is 21.8. The van der Waals surface area contributed by atoms with Gasteiger partial charge in [-0.25, -0.2) is 4.31 Å². The van der Waals surface area contributed by atoms with E-state index in [0.29, 0.717) is 0 Å². The molecule has 0 aliphatic carbocycles. The van der Waals surface area contributed by atoms with Crippen LogP contribution >= 0.6 is 11.9 Å². The third-order valence-electron chi connectivity index (χ3n) is 6.37. The molecule has 170 valence electrons. The Hall–Kier alpha value is -3.09. The number of nitrogens with one attached hydrogen (secondary N) is 2. The SMILES string of the molecule is COc1ccc(C2CN(Sc3ccc(C4=CCNC=C4C)cc3)C3NC=CC=C23)cc1OC. The second-order valence-electron chi connectivity index (χ2n) is 8.33. The monoisotopic (exact) mass is 459 g/mol. The molecular weight excluding hydrogens is 430 g/mol. The lowest BCUT2D eigenvalue weighted by atomic mass is 9.91. The molecule has 3 heterocycles. The maximum Gasteiger partial charge on any atom is 0.161 e. The van der Waals surface area contributed by atoms with Gasteiger partial charge in [0.2, 0.25) is 0 Å². The van der Waals surface area contributed by atoms with Gasteiger partial charge >= 0.3 is 0 Å². The van der Waals surface area contributed by atoms with Crippen molar-refractivity contribution in [3.63, 3.8) is 0 Å².